The first-order valence-electron chi connectivity index (χ1n) is 8.44. The molecular weight excluding hydrogens is 314 g/mol. The molecule has 0 radical (unpaired) electrons. The molecule has 128 valence electrons. The van der Waals surface area contributed by atoms with E-state index in [1.165, 1.54) is 5.56 Å². The van der Waals surface area contributed by atoms with Gasteiger partial charge >= 0.3 is 0 Å². The summed E-state index contributed by atoms with van der Waals surface area (Å²) in [5, 5.41) is 9.55. The van der Waals surface area contributed by atoms with Gasteiger partial charge in [-0.25, -0.2) is 4.98 Å². The van der Waals surface area contributed by atoms with Gasteiger partial charge in [0.1, 0.15) is 5.69 Å². The smallest absolute Gasteiger partial charge is 0.198 e. The zero-order chi connectivity index (χ0) is 17.6. The quantitative estimate of drug-likeness (QED) is 0.368. The van der Waals surface area contributed by atoms with Crippen molar-refractivity contribution in [2.75, 3.05) is 11.6 Å². The monoisotopic (exact) mass is 336 g/mol. The number of quaternary nitrogens is 1. The maximum Gasteiger partial charge on any atom is 0.198 e. The summed E-state index contributed by atoms with van der Waals surface area (Å²) in [5.41, 5.74) is 4.52. The summed E-state index contributed by atoms with van der Waals surface area (Å²) in [6.07, 6.45) is 4.60. The van der Waals surface area contributed by atoms with E-state index in [4.69, 9.17) is 16.2 Å². The highest BCUT2D eigenvalue weighted by Crippen LogP contribution is 2.49. The van der Waals surface area contributed by atoms with Crippen LogP contribution in [0.3, 0.4) is 0 Å². The Kier molecular flexibility index (Phi) is 3.68. The fourth-order valence-corrected chi connectivity index (χ4v) is 3.18. The second kappa shape index (κ2) is 5.77. The Morgan fingerprint density at radius 1 is 1.44 bits per heavy atom. The molecule has 1 fully saturated rings. The topological polar surface area (TPSA) is 75.0 Å². The molecule has 25 heavy (non-hydrogen) atoms. The van der Waals surface area contributed by atoms with Crippen LogP contribution in [0, 0.1) is 5.41 Å². The predicted molar refractivity (Wildman–Crippen MR) is 97.8 cm³/mol. The highest BCUT2D eigenvalue weighted by Gasteiger charge is 2.60. The molecule has 2 aromatic rings. The number of pyridine rings is 1. The van der Waals surface area contributed by atoms with Gasteiger partial charge < -0.3 is 5.41 Å². The van der Waals surface area contributed by atoms with Gasteiger partial charge in [-0.3, -0.25) is 0 Å². The van der Waals surface area contributed by atoms with Gasteiger partial charge in [-0.1, -0.05) is 41.2 Å². The molecule has 4 rings (SSSR count). The number of rotatable bonds is 6. The molecule has 2 aliphatic rings. The highest BCUT2D eigenvalue weighted by atomic mass is 16.9. The number of allylic oxidation sites excluding steroid dienone is 2. The summed E-state index contributed by atoms with van der Waals surface area (Å²) < 4.78 is 0.0840. The van der Waals surface area contributed by atoms with Gasteiger partial charge in [-0.2, -0.15) is 0 Å². The summed E-state index contributed by atoms with van der Waals surface area (Å²) in [6.45, 7) is 4.49. The first-order chi connectivity index (χ1) is 12.0. The molecule has 6 heteroatoms. The van der Waals surface area contributed by atoms with Crippen LogP contribution in [0.2, 0.25) is 0 Å². The van der Waals surface area contributed by atoms with E-state index in [1.54, 1.807) is 18.2 Å². The number of hydrogen-bond donors (Lipinski definition) is 2. The van der Waals surface area contributed by atoms with E-state index in [1.807, 2.05) is 37.3 Å². The Hall–Kier alpha value is -2.54. The van der Waals surface area contributed by atoms with Crippen LogP contribution in [0.4, 0.5) is 11.5 Å². The van der Waals surface area contributed by atoms with Crippen LogP contribution in [0.5, 0.6) is 0 Å². The first kappa shape index (κ1) is 16.0. The Bertz CT molecular complexity index is 863. The lowest BCUT2D eigenvalue weighted by molar-refractivity contribution is -1.03. The highest BCUT2D eigenvalue weighted by molar-refractivity contribution is 6.21. The molecule has 0 amide bonds. The van der Waals surface area contributed by atoms with Crippen LogP contribution >= 0.6 is 0 Å². The average molecular weight is 336 g/mol. The van der Waals surface area contributed by atoms with Crippen molar-refractivity contribution in [3.05, 3.63) is 59.8 Å². The van der Waals surface area contributed by atoms with Crippen molar-refractivity contribution in [2.24, 2.45) is 5.84 Å². The third-order valence-electron chi connectivity index (χ3n) is 4.74. The van der Waals surface area contributed by atoms with Crippen molar-refractivity contribution in [2.45, 2.75) is 26.3 Å². The SMILES string of the molecule is C/C=C(/C(C)=N)c1cnc2c(c1)N2O[N+]1(N)CC1Cc1ccccc1. The molecular formula is C19H22N5O+. The molecule has 0 saturated carbocycles. The van der Waals surface area contributed by atoms with E-state index in [-0.39, 0.29) is 10.8 Å². The van der Waals surface area contributed by atoms with Crippen molar-refractivity contribution in [3.8, 4) is 0 Å². The molecule has 2 aliphatic heterocycles. The number of benzene rings is 1. The van der Waals surface area contributed by atoms with Crippen molar-refractivity contribution < 1.29 is 9.69 Å². The van der Waals surface area contributed by atoms with Crippen molar-refractivity contribution in [3.63, 3.8) is 0 Å². The van der Waals surface area contributed by atoms with Gasteiger partial charge in [0.05, 0.1) is 0 Å². The number of hydroxylamine groups is 2. The number of anilines is 2. The molecule has 2 unspecified atom stereocenters. The number of fused-ring (bicyclic) bond motifs is 1. The molecule has 2 atom stereocenters. The van der Waals surface area contributed by atoms with Crippen LogP contribution in [-0.4, -0.2) is 28.0 Å². The molecule has 1 aromatic heterocycles. The van der Waals surface area contributed by atoms with E-state index in [0.717, 1.165) is 35.6 Å². The van der Waals surface area contributed by atoms with E-state index in [2.05, 4.69) is 17.1 Å². The minimum atomic E-state index is 0.0840. The fraction of sp³-hybridized carbons (Fsp3) is 0.263. The lowest BCUT2D eigenvalue weighted by Crippen LogP contribution is -2.40. The number of aromatic nitrogens is 1. The Labute approximate surface area is 147 Å². The Morgan fingerprint density at radius 2 is 2.20 bits per heavy atom. The summed E-state index contributed by atoms with van der Waals surface area (Å²) in [7, 11) is 0. The normalized spacial score (nSPS) is 24.0. The van der Waals surface area contributed by atoms with Crippen molar-refractivity contribution in [1.82, 2.24) is 4.98 Å². The van der Waals surface area contributed by atoms with Gasteiger partial charge in [0.25, 0.3) is 0 Å². The lowest BCUT2D eigenvalue weighted by atomic mass is 10.0. The summed E-state index contributed by atoms with van der Waals surface area (Å²) in [4.78, 5) is 10.4. The van der Waals surface area contributed by atoms with Crippen LogP contribution in [0.15, 0.2) is 48.7 Å². The first-order valence-corrected chi connectivity index (χ1v) is 8.44. The largest absolute Gasteiger partial charge is 0.305 e. The van der Waals surface area contributed by atoms with E-state index >= 15 is 0 Å². The number of nitrogens with two attached hydrogens (primary N) is 1. The lowest BCUT2D eigenvalue weighted by Gasteiger charge is -2.11. The van der Waals surface area contributed by atoms with Gasteiger partial charge in [0, 0.05) is 23.9 Å². The van der Waals surface area contributed by atoms with E-state index < -0.39 is 0 Å². The minimum absolute atomic E-state index is 0.0840. The third-order valence-corrected chi connectivity index (χ3v) is 4.74. The summed E-state index contributed by atoms with van der Waals surface area (Å²) in [5.74, 6) is 7.13. The van der Waals surface area contributed by atoms with E-state index in [9.17, 15) is 0 Å². The van der Waals surface area contributed by atoms with Gasteiger partial charge in [0.15, 0.2) is 18.4 Å². The Morgan fingerprint density at radius 3 is 2.88 bits per heavy atom. The average Bonchev–Trinajstić information content (AvgIpc) is 3.45. The maximum atomic E-state index is 7.85. The second-order valence-corrected chi connectivity index (χ2v) is 6.65. The standard InChI is InChI=1S/C19H22N5O/c1-3-17(13(2)20)15-10-18-19(22-11-15)23(18)25-24(21)12-16(24)9-14-7-5-4-6-8-14/h3-8,10-11,16,20H,9,12,21H2,1-2H3/q+1/b17-3-,20-13?. The summed E-state index contributed by atoms with van der Waals surface area (Å²) in [6, 6.07) is 12.6. The number of hydrogen-bond acceptors (Lipinski definition) is 5. The van der Waals surface area contributed by atoms with Crippen LogP contribution in [0.1, 0.15) is 25.0 Å². The fourth-order valence-electron chi connectivity index (χ4n) is 3.18. The molecule has 0 aliphatic carbocycles. The molecule has 0 bridgehead atoms. The maximum absolute atomic E-state index is 7.85. The molecule has 6 nitrogen and oxygen atoms in total. The third kappa shape index (κ3) is 2.95. The van der Waals surface area contributed by atoms with Crippen molar-refractivity contribution in [1.29, 1.82) is 5.41 Å². The predicted octanol–water partition coefficient (Wildman–Crippen LogP) is 3.14. The second-order valence-electron chi connectivity index (χ2n) is 6.65. The number of nitrogens with one attached hydrogen (secondary N) is 1. The van der Waals surface area contributed by atoms with Crippen LogP contribution < -0.4 is 10.9 Å². The molecule has 0 spiro atoms. The van der Waals surface area contributed by atoms with Gasteiger partial charge in [-0.05, 0) is 36.0 Å². The van der Waals surface area contributed by atoms with Gasteiger partial charge in [0.2, 0.25) is 0 Å². The van der Waals surface area contributed by atoms with Crippen molar-refractivity contribution >= 4 is 22.8 Å². The summed E-state index contributed by atoms with van der Waals surface area (Å²) >= 11 is 0. The van der Waals surface area contributed by atoms with Crippen LogP contribution in [-0.2, 0) is 11.4 Å². The zero-order valence-electron chi connectivity index (χ0n) is 14.4. The van der Waals surface area contributed by atoms with E-state index in [0.29, 0.717) is 5.71 Å². The molecule has 3 N–H and O–H groups in total. The minimum Gasteiger partial charge on any atom is -0.305 e. The number of nitrogens with zero attached hydrogens (tertiary/aromatic N) is 3. The van der Waals surface area contributed by atoms with Gasteiger partial charge in [-0.15, -0.1) is 10.9 Å². The zero-order valence-corrected chi connectivity index (χ0v) is 14.4. The molecule has 3 heterocycles. The molecule has 1 saturated heterocycles. The molecule has 1 aromatic carbocycles. The van der Waals surface area contributed by atoms with Crippen LogP contribution in [0.25, 0.3) is 5.57 Å². The Balaban J connectivity index is 1.41.